The van der Waals surface area contributed by atoms with Crippen molar-refractivity contribution in [1.82, 2.24) is 19.8 Å². The number of urea groups is 1. The van der Waals surface area contributed by atoms with Crippen LogP contribution in [0.4, 0.5) is 4.79 Å². The van der Waals surface area contributed by atoms with Crippen LogP contribution in [0.2, 0.25) is 0 Å². The maximum Gasteiger partial charge on any atom is 0.318 e. The van der Waals surface area contributed by atoms with Crippen LogP contribution in [0, 0.1) is 5.92 Å². The molecule has 1 saturated carbocycles. The van der Waals surface area contributed by atoms with Crippen LogP contribution in [0.25, 0.3) is 5.69 Å². The third kappa shape index (κ3) is 3.48. The zero-order valence-electron chi connectivity index (χ0n) is 15.5. The molecular formula is C21H28N4O. The number of aromatic nitrogens is 2. The molecule has 0 radical (unpaired) electrons. The highest BCUT2D eigenvalue weighted by atomic mass is 16.2. The van der Waals surface area contributed by atoms with Gasteiger partial charge in [0.1, 0.15) is 0 Å². The minimum absolute atomic E-state index is 0.00386. The van der Waals surface area contributed by atoms with Crippen molar-refractivity contribution in [2.45, 2.75) is 57.5 Å². The van der Waals surface area contributed by atoms with Gasteiger partial charge in [0.25, 0.3) is 0 Å². The van der Waals surface area contributed by atoms with Crippen molar-refractivity contribution in [2.24, 2.45) is 5.92 Å². The fourth-order valence-corrected chi connectivity index (χ4v) is 4.58. The number of carbonyl (C=O) groups excluding carboxylic acids is 1. The van der Waals surface area contributed by atoms with Crippen molar-refractivity contribution < 1.29 is 4.79 Å². The van der Waals surface area contributed by atoms with E-state index in [1.165, 1.54) is 32.1 Å². The number of imidazole rings is 1. The second kappa shape index (κ2) is 7.52. The second-order valence-corrected chi connectivity index (χ2v) is 7.68. The lowest BCUT2D eigenvalue weighted by molar-refractivity contribution is 0.170. The average molecular weight is 352 g/mol. The molecule has 2 aromatic rings. The molecule has 2 fully saturated rings. The topological polar surface area (TPSA) is 50.2 Å². The Balaban J connectivity index is 1.39. The molecular weight excluding hydrogens is 324 g/mol. The van der Waals surface area contributed by atoms with E-state index >= 15 is 0 Å². The van der Waals surface area contributed by atoms with Gasteiger partial charge < -0.3 is 14.8 Å². The van der Waals surface area contributed by atoms with Gasteiger partial charge in [0.15, 0.2) is 0 Å². The number of carbonyl (C=O) groups is 1. The van der Waals surface area contributed by atoms with Gasteiger partial charge in [-0.25, -0.2) is 9.78 Å². The number of hydrogen-bond donors (Lipinski definition) is 1. The number of amides is 2. The zero-order valence-corrected chi connectivity index (χ0v) is 15.5. The van der Waals surface area contributed by atoms with E-state index in [-0.39, 0.29) is 12.1 Å². The lowest BCUT2D eigenvalue weighted by atomic mass is 9.96. The van der Waals surface area contributed by atoms with E-state index in [0.717, 1.165) is 24.2 Å². The Hall–Kier alpha value is -2.30. The van der Waals surface area contributed by atoms with Crippen LogP contribution in [-0.4, -0.2) is 33.1 Å². The van der Waals surface area contributed by atoms with Gasteiger partial charge in [-0.05, 0) is 56.2 Å². The molecule has 0 unspecified atom stereocenters. The molecule has 0 bridgehead atoms. The van der Waals surface area contributed by atoms with Gasteiger partial charge in [-0.1, -0.05) is 25.0 Å². The molecule has 1 aromatic heterocycles. The summed E-state index contributed by atoms with van der Waals surface area (Å²) in [4.78, 5) is 19.0. The highest BCUT2D eigenvalue weighted by Crippen LogP contribution is 2.35. The van der Waals surface area contributed by atoms with Gasteiger partial charge in [-0.15, -0.1) is 0 Å². The van der Waals surface area contributed by atoms with Crippen LogP contribution in [0.15, 0.2) is 43.0 Å². The molecule has 5 heteroatoms. The predicted octanol–water partition coefficient (Wildman–Crippen LogP) is 4.30. The zero-order chi connectivity index (χ0) is 17.9. The van der Waals surface area contributed by atoms with Crippen LogP contribution < -0.4 is 5.32 Å². The Kier molecular flexibility index (Phi) is 4.96. The summed E-state index contributed by atoms with van der Waals surface area (Å²) < 4.78 is 1.98. The summed E-state index contributed by atoms with van der Waals surface area (Å²) in [5.41, 5.74) is 2.20. The maximum atomic E-state index is 12.9. The highest BCUT2D eigenvalue weighted by molar-refractivity contribution is 5.75. The van der Waals surface area contributed by atoms with Crippen LogP contribution in [-0.2, 0) is 0 Å². The molecule has 26 heavy (non-hydrogen) atoms. The van der Waals surface area contributed by atoms with Crippen LogP contribution in [0.5, 0.6) is 0 Å². The van der Waals surface area contributed by atoms with Crippen LogP contribution >= 0.6 is 0 Å². The minimum atomic E-state index is 0.00386. The minimum Gasteiger partial charge on any atom is -0.331 e. The SMILES string of the molecule is C[C@@H](NC(=O)N1CCC[C@H]1C1CCCC1)c1ccc(-n2ccnc2)cc1. The molecule has 0 spiro atoms. The fourth-order valence-electron chi connectivity index (χ4n) is 4.58. The summed E-state index contributed by atoms with van der Waals surface area (Å²) >= 11 is 0. The largest absolute Gasteiger partial charge is 0.331 e. The second-order valence-electron chi connectivity index (χ2n) is 7.68. The third-order valence-corrected chi connectivity index (χ3v) is 6.04. The summed E-state index contributed by atoms with van der Waals surface area (Å²) in [5, 5.41) is 3.21. The number of nitrogens with zero attached hydrogens (tertiary/aromatic N) is 3. The predicted molar refractivity (Wildman–Crippen MR) is 102 cm³/mol. The van der Waals surface area contributed by atoms with Crippen molar-refractivity contribution >= 4 is 6.03 Å². The first kappa shape index (κ1) is 17.1. The molecule has 2 heterocycles. The summed E-state index contributed by atoms with van der Waals surface area (Å²) in [6.45, 7) is 2.96. The van der Waals surface area contributed by atoms with E-state index in [2.05, 4.69) is 46.4 Å². The first-order chi connectivity index (χ1) is 12.7. The van der Waals surface area contributed by atoms with Crippen molar-refractivity contribution in [3.63, 3.8) is 0 Å². The molecule has 1 aliphatic carbocycles. The Morgan fingerprint density at radius 2 is 1.92 bits per heavy atom. The van der Waals surface area contributed by atoms with E-state index < -0.39 is 0 Å². The van der Waals surface area contributed by atoms with Crippen molar-refractivity contribution in [1.29, 1.82) is 0 Å². The lowest BCUT2D eigenvalue weighted by Gasteiger charge is -2.30. The molecule has 1 N–H and O–H groups in total. The summed E-state index contributed by atoms with van der Waals surface area (Å²) in [6, 6.07) is 8.86. The Morgan fingerprint density at radius 3 is 2.62 bits per heavy atom. The van der Waals surface area contributed by atoms with Crippen molar-refractivity contribution in [3.8, 4) is 5.69 Å². The van der Waals surface area contributed by atoms with Gasteiger partial charge in [0.2, 0.25) is 0 Å². The lowest BCUT2D eigenvalue weighted by Crippen LogP contribution is -2.45. The Labute approximate surface area is 155 Å². The quantitative estimate of drug-likeness (QED) is 0.892. The summed E-state index contributed by atoms with van der Waals surface area (Å²) in [7, 11) is 0. The number of rotatable bonds is 4. The molecule has 1 saturated heterocycles. The number of nitrogens with one attached hydrogen (secondary N) is 1. The van der Waals surface area contributed by atoms with Gasteiger partial charge >= 0.3 is 6.03 Å². The maximum absolute atomic E-state index is 12.9. The standard InChI is InChI=1S/C21H28N4O/c1-16(17-8-10-19(11-9-17)24-14-12-22-15-24)23-21(26)25-13-4-7-20(25)18-5-2-3-6-18/h8-12,14-16,18,20H,2-7,13H2,1H3,(H,23,26)/t16-,20+/m1/s1. The van der Waals surface area contributed by atoms with E-state index in [1.807, 2.05) is 10.8 Å². The molecule has 4 rings (SSSR count). The van der Waals surface area contributed by atoms with E-state index in [1.54, 1.807) is 12.5 Å². The van der Waals surface area contributed by atoms with E-state index in [4.69, 9.17) is 0 Å². The first-order valence-corrected chi connectivity index (χ1v) is 9.88. The Bertz CT molecular complexity index is 719. The van der Waals surface area contributed by atoms with Gasteiger partial charge in [-0.2, -0.15) is 0 Å². The highest BCUT2D eigenvalue weighted by Gasteiger charge is 2.36. The van der Waals surface area contributed by atoms with Crippen molar-refractivity contribution in [2.75, 3.05) is 6.54 Å². The number of benzene rings is 1. The number of likely N-dealkylation sites (tertiary alicyclic amines) is 1. The monoisotopic (exact) mass is 352 g/mol. The normalized spacial score (nSPS) is 21.9. The number of hydrogen-bond acceptors (Lipinski definition) is 2. The molecule has 2 amide bonds. The van der Waals surface area contributed by atoms with Crippen LogP contribution in [0.3, 0.4) is 0 Å². The fraction of sp³-hybridized carbons (Fsp3) is 0.524. The van der Waals surface area contributed by atoms with Crippen molar-refractivity contribution in [3.05, 3.63) is 48.5 Å². The smallest absolute Gasteiger partial charge is 0.318 e. The molecule has 138 valence electrons. The molecule has 2 atom stereocenters. The summed E-state index contributed by atoms with van der Waals surface area (Å²) in [6.07, 6.45) is 13.0. The molecule has 5 nitrogen and oxygen atoms in total. The molecule has 1 aromatic carbocycles. The van der Waals surface area contributed by atoms with Crippen LogP contribution in [0.1, 0.15) is 57.1 Å². The average Bonchev–Trinajstić information content (AvgIpc) is 3.43. The molecule has 1 aliphatic heterocycles. The van der Waals surface area contributed by atoms with Gasteiger partial charge in [-0.3, -0.25) is 0 Å². The van der Waals surface area contributed by atoms with Gasteiger partial charge in [0.05, 0.1) is 12.4 Å². The third-order valence-electron chi connectivity index (χ3n) is 6.04. The first-order valence-electron chi connectivity index (χ1n) is 9.88. The van der Waals surface area contributed by atoms with E-state index in [0.29, 0.717) is 12.0 Å². The molecule has 2 aliphatic rings. The Morgan fingerprint density at radius 1 is 1.15 bits per heavy atom. The van der Waals surface area contributed by atoms with Gasteiger partial charge in [0, 0.05) is 30.7 Å². The summed E-state index contributed by atoms with van der Waals surface area (Å²) in [5.74, 6) is 0.716. The van der Waals surface area contributed by atoms with E-state index in [9.17, 15) is 4.79 Å².